The van der Waals surface area contributed by atoms with Gasteiger partial charge in [0.1, 0.15) is 0 Å². The highest BCUT2D eigenvalue weighted by Crippen LogP contribution is 2.34. The summed E-state index contributed by atoms with van der Waals surface area (Å²) in [5, 5.41) is 17.9. The standard InChI is InChI=1S/C13H12I3NO5/c1-17(8(18)3-2-4-9(19)20)12-7(15)5-6(14)10(11(12)16)13(21)22/h5H,2-4H2,1H3,(H,19,20)(H,21,22). The molecule has 0 fully saturated rings. The zero-order chi connectivity index (χ0) is 17.0. The molecule has 0 unspecified atom stereocenters. The first kappa shape index (κ1) is 19.9. The number of aliphatic carboxylic acids is 1. The van der Waals surface area contributed by atoms with E-state index in [0.29, 0.717) is 12.8 Å². The van der Waals surface area contributed by atoms with E-state index in [1.54, 1.807) is 13.1 Å². The summed E-state index contributed by atoms with van der Waals surface area (Å²) in [6, 6.07) is 1.71. The maximum Gasteiger partial charge on any atom is 0.337 e. The summed E-state index contributed by atoms with van der Waals surface area (Å²) in [6.07, 6.45) is 0.284. The average Bonchev–Trinajstić information content (AvgIpc) is 2.36. The Labute approximate surface area is 168 Å². The number of halogens is 3. The van der Waals surface area contributed by atoms with E-state index in [-0.39, 0.29) is 30.7 Å². The molecule has 0 aliphatic rings. The molecule has 1 aromatic carbocycles. The fourth-order valence-corrected chi connectivity index (χ4v) is 6.32. The summed E-state index contributed by atoms with van der Waals surface area (Å²) in [6.45, 7) is 0. The fourth-order valence-electron chi connectivity index (χ4n) is 1.77. The number of carbonyl (C=O) groups is 3. The Bertz CT molecular complexity index is 633. The Hall–Kier alpha value is -0.180. The van der Waals surface area contributed by atoms with Gasteiger partial charge in [-0.1, -0.05) is 0 Å². The van der Waals surface area contributed by atoms with E-state index in [2.05, 4.69) is 22.6 Å². The first-order chi connectivity index (χ1) is 10.2. The smallest absolute Gasteiger partial charge is 0.337 e. The van der Waals surface area contributed by atoms with Gasteiger partial charge in [0, 0.05) is 27.0 Å². The molecule has 0 aliphatic carbocycles. The summed E-state index contributed by atoms with van der Waals surface area (Å²) in [7, 11) is 1.57. The van der Waals surface area contributed by atoms with Crippen LogP contribution in [-0.4, -0.2) is 35.1 Å². The predicted octanol–water partition coefficient (Wildman–Crippen LogP) is 3.42. The minimum Gasteiger partial charge on any atom is -0.481 e. The van der Waals surface area contributed by atoms with E-state index < -0.39 is 11.9 Å². The number of nitrogens with zero attached hydrogens (tertiary/aromatic N) is 1. The van der Waals surface area contributed by atoms with Gasteiger partial charge in [-0.2, -0.15) is 0 Å². The Kier molecular flexibility index (Phi) is 7.78. The summed E-state index contributed by atoms with van der Waals surface area (Å²) in [4.78, 5) is 35.4. The number of rotatable bonds is 6. The average molecular weight is 643 g/mol. The van der Waals surface area contributed by atoms with Crippen LogP contribution < -0.4 is 4.90 Å². The van der Waals surface area contributed by atoms with Gasteiger partial charge >= 0.3 is 11.9 Å². The monoisotopic (exact) mass is 643 g/mol. The van der Waals surface area contributed by atoms with E-state index in [4.69, 9.17) is 5.11 Å². The lowest BCUT2D eigenvalue weighted by molar-refractivity contribution is -0.137. The van der Waals surface area contributed by atoms with Crippen molar-refractivity contribution >= 4 is 91.3 Å². The molecule has 1 amide bonds. The maximum atomic E-state index is 12.2. The lowest BCUT2D eigenvalue weighted by Crippen LogP contribution is -2.28. The van der Waals surface area contributed by atoms with Crippen molar-refractivity contribution in [2.45, 2.75) is 19.3 Å². The molecule has 2 N–H and O–H groups in total. The van der Waals surface area contributed by atoms with Gasteiger partial charge in [0.2, 0.25) is 5.91 Å². The molecule has 22 heavy (non-hydrogen) atoms. The molecular formula is C13H12I3NO5. The topological polar surface area (TPSA) is 94.9 Å². The number of benzene rings is 1. The lowest BCUT2D eigenvalue weighted by Gasteiger charge is -2.22. The predicted molar refractivity (Wildman–Crippen MR) is 106 cm³/mol. The Balaban J connectivity index is 3.10. The molecule has 1 rings (SSSR count). The molecule has 0 saturated heterocycles. The molecule has 0 atom stereocenters. The van der Waals surface area contributed by atoms with E-state index in [1.807, 2.05) is 45.2 Å². The number of carbonyl (C=O) groups excluding carboxylic acids is 1. The van der Waals surface area contributed by atoms with Crippen molar-refractivity contribution in [3.05, 3.63) is 22.3 Å². The molecule has 0 aromatic heterocycles. The fraction of sp³-hybridized carbons (Fsp3) is 0.308. The lowest BCUT2D eigenvalue weighted by atomic mass is 10.1. The third-order valence-electron chi connectivity index (χ3n) is 2.85. The molecule has 120 valence electrons. The van der Waals surface area contributed by atoms with Gasteiger partial charge in [0.15, 0.2) is 0 Å². The van der Waals surface area contributed by atoms with E-state index in [0.717, 1.165) is 3.57 Å². The van der Waals surface area contributed by atoms with Crippen molar-refractivity contribution in [3.8, 4) is 0 Å². The zero-order valence-electron chi connectivity index (χ0n) is 11.4. The molecular weight excluding hydrogens is 631 g/mol. The van der Waals surface area contributed by atoms with Crippen LogP contribution in [0.25, 0.3) is 0 Å². The molecule has 1 aromatic rings. The second-order valence-corrected chi connectivity index (χ2v) is 7.79. The van der Waals surface area contributed by atoms with Crippen molar-refractivity contribution < 1.29 is 24.6 Å². The summed E-state index contributed by atoms with van der Waals surface area (Å²) in [5.41, 5.74) is 0.709. The third kappa shape index (κ3) is 4.91. The van der Waals surface area contributed by atoms with Crippen molar-refractivity contribution in [2.24, 2.45) is 0 Å². The number of amides is 1. The highest BCUT2D eigenvalue weighted by Gasteiger charge is 2.23. The molecule has 0 bridgehead atoms. The quantitative estimate of drug-likeness (QED) is 0.464. The number of carboxylic acid groups (broad SMARTS) is 2. The molecule has 9 heteroatoms. The van der Waals surface area contributed by atoms with Gasteiger partial charge in [-0.25, -0.2) is 4.79 Å². The number of anilines is 1. The van der Waals surface area contributed by atoms with Crippen molar-refractivity contribution in [3.63, 3.8) is 0 Å². The van der Waals surface area contributed by atoms with Gasteiger partial charge in [-0.15, -0.1) is 0 Å². The SMILES string of the molecule is CN(C(=O)CCCC(=O)O)c1c(I)cc(I)c(C(=O)O)c1I. The molecule has 0 saturated carbocycles. The van der Waals surface area contributed by atoms with Crippen LogP contribution in [0.4, 0.5) is 5.69 Å². The van der Waals surface area contributed by atoms with E-state index in [1.165, 1.54) is 4.90 Å². The molecule has 0 spiro atoms. The number of hydrogen-bond acceptors (Lipinski definition) is 3. The Morgan fingerprint density at radius 2 is 1.68 bits per heavy atom. The van der Waals surface area contributed by atoms with Gasteiger partial charge < -0.3 is 15.1 Å². The second kappa shape index (κ2) is 8.61. The van der Waals surface area contributed by atoms with E-state index >= 15 is 0 Å². The maximum absolute atomic E-state index is 12.2. The number of hydrogen-bond donors (Lipinski definition) is 2. The summed E-state index contributed by atoms with van der Waals surface area (Å²) >= 11 is 5.94. The van der Waals surface area contributed by atoms with Crippen LogP contribution in [0.3, 0.4) is 0 Å². The minimum atomic E-state index is -1.04. The zero-order valence-corrected chi connectivity index (χ0v) is 17.9. The van der Waals surface area contributed by atoms with Crippen LogP contribution >= 0.6 is 67.8 Å². The largest absolute Gasteiger partial charge is 0.481 e. The van der Waals surface area contributed by atoms with Crippen LogP contribution in [0.5, 0.6) is 0 Å². The molecule has 6 nitrogen and oxygen atoms in total. The first-order valence-corrected chi connectivity index (χ1v) is 9.29. The summed E-state index contributed by atoms with van der Waals surface area (Å²) < 4.78 is 1.87. The number of carboxylic acids is 2. The van der Waals surface area contributed by atoms with Gasteiger partial charge in [0.25, 0.3) is 0 Å². The van der Waals surface area contributed by atoms with Gasteiger partial charge in [-0.05, 0) is 80.3 Å². The Morgan fingerprint density at radius 3 is 2.18 bits per heavy atom. The molecule has 0 heterocycles. The molecule has 0 aliphatic heterocycles. The van der Waals surface area contributed by atoms with Crippen LogP contribution in [-0.2, 0) is 9.59 Å². The Morgan fingerprint density at radius 1 is 1.09 bits per heavy atom. The van der Waals surface area contributed by atoms with Crippen molar-refractivity contribution in [1.82, 2.24) is 0 Å². The first-order valence-electron chi connectivity index (χ1n) is 6.06. The highest BCUT2D eigenvalue weighted by atomic mass is 127. The minimum absolute atomic E-state index is 0.0686. The van der Waals surface area contributed by atoms with Gasteiger partial charge in [0.05, 0.1) is 14.8 Å². The van der Waals surface area contributed by atoms with Crippen LogP contribution in [0.2, 0.25) is 0 Å². The summed E-state index contributed by atoms with van der Waals surface area (Å²) in [5.74, 6) is -2.23. The highest BCUT2D eigenvalue weighted by molar-refractivity contribution is 14.1. The van der Waals surface area contributed by atoms with Crippen LogP contribution in [0, 0.1) is 10.7 Å². The third-order valence-corrected chi connectivity index (χ3v) is 5.57. The van der Waals surface area contributed by atoms with Crippen LogP contribution in [0.15, 0.2) is 6.07 Å². The number of aromatic carboxylic acids is 1. The van der Waals surface area contributed by atoms with Crippen molar-refractivity contribution in [2.75, 3.05) is 11.9 Å². The molecule has 0 radical (unpaired) electrons. The van der Waals surface area contributed by atoms with Crippen LogP contribution in [0.1, 0.15) is 29.6 Å². The van der Waals surface area contributed by atoms with Gasteiger partial charge in [-0.3, -0.25) is 9.59 Å². The van der Waals surface area contributed by atoms with E-state index in [9.17, 15) is 19.5 Å². The second-order valence-electron chi connectivity index (χ2n) is 4.38. The normalized spacial score (nSPS) is 10.4. The van der Waals surface area contributed by atoms with Crippen molar-refractivity contribution in [1.29, 1.82) is 0 Å².